The van der Waals surface area contributed by atoms with Crippen LogP contribution in [0, 0.1) is 5.41 Å². The topological polar surface area (TPSA) is 45.1 Å². The molecule has 3 nitrogen and oxygen atoms in total. The summed E-state index contributed by atoms with van der Waals surface area (Å²) in [5.74, 6) is 0.168. The lowest BCUT2D eigenvalue weighted by atomic mass is 10.8. The van der Waals surface area contributed by atoms with Gasteiger partial charge in [0.15, 0.2) is 0 Å². The molecule has 48 valence electrons. The number of halogens is 1. The molecule has 0 saturated heterocycles. The van der Waals surface area contributed by atoms with E-state index in [0.717, 1.165) is 0 Å². The maximum atomic E-state index is 6.82. The largest absolute Gasteiger partial charge is 0.392 e. The van der Waals surface area contributed by atoms with Crippen molar-refractivity contribution in [1.82, 2.24) is 5.48 Å². The van der Waals surface area contributed by atoms with Crippen molar-refractivity contribution in [2.45, 2.75) is 6.92 Å². The molecule has 0 fully saturated rings. The predicted molar refractivity (Wildman–Crippen MR) is 33.2 cm³/mol. The molecular formula is C4H9ClN2O. The summed E-state index contributed by atoms with van der Waals surface area (Å²) in [7, 11) is 0. The second kappa shape index (κ2) is 4.87. The normalized spacial score (nSPS) is 8.75. The zero-order valence-corrected chi connectivity index (χ0v) is 5.46. The van der Waals surface area contributed by atoms with E-state index in [1.165, 1.54) is 0 Å². The summed E-state index contributed by atoms with van der Waals surface area (Å²) >= 11 is 5.20. The monoisotopic (exact) mass is 136 g/mol. The quantitative estimate of drug-likeness (QED) is 0.260. The van der Waals surface area contributed by atoms with Crippen LogP contribution in [0.25, 0.3) is 0 Å². The first-order valence-electron chi connectivity index (χ1n) is 2.34. The van der Waals surface area contributed by atoms with Crippen molar-refractivity contribution in [3.05, 3.63) is 0 Å². The van der Waals surface area contributed by atoms with Crippen LogP contribution in [0.15, 0.2) is 0 Å². The summed E-state index contributed by atoms with van der Waals surface area (Å²) < 4.78 is 0. The van der Waals surface area contributed by atoms with Crippen LogP contribution in [0.1, 0.15) is 6.92 Å². The molecular weight excluding hydrogens is 128 g/mol. The third-order valence-electron chi connectivity index (χ3n) is 0.461. The fourth-order valence-electron chi connectivity index (χ4n) is 0.187. The van der Waals surface area contributed by atoms with Gasteiger partial charge in [-0.05, 0) is 6.92 Å². The van der Waals surface area contributed by atoms with Crippen LogP contribution >= 0.6 is 11.6 Å². The molecule has 2 N–H and O–H groups in total. The Balaban J connectivity index is 2.99. The molecule has 0 aromatic carbocycles. The molecule has 0 atom stereocenters. The molecule has 0 aliphatic heterocycles. The molecule has 4 heteroatoms. The lowest BCUT2D eigenvalue weighted by Gasteiger charge is -2.00. The zero-order valence-electron chi connectivity index (χ0n) is 4.70. The smallest absolute Gasteiger partial charge is 0.221 e. The van der Waals surface area contributed by atoms with Gasteiger partial charge in [-0.25, -0.2) is 0 Å². The maximum Gasteiger partial charge on any atom is 0.221 e. The highest BCUT2D eigenvalue weighted by atomic mass is 35.5. The standard InChI is InChI=1S/C4H9ClN2O/c1-2-7-8-4(6)3-5/h6-7H,2-3H2,1H3. The summed E-state index contributed by atoms with van der Waals surface area (Å²) in [4.78, 5) is 4.54. The third-order valence-corrected chi connectivity index (χ3v) is 0.704. The van der Waals surface area contributed by atoms with Crippen LogP contribution in [0.3, 0.4) is 0 Å². The highest BCUT2D eigenvalue weighted by Crippen LogP contribution is 1.77. The molecule has 0 aliphatic carbocycles. The summed E-state index contributed by atoms with van der Waals surface area (Å²) in [6.45, 7) is 2.56. The van der Waals surface area contributed by atoms with Gasteiger partial charge < -0.3 is 4.84 Å². The fourth-order valence-corrected chi connectivity index (χ4v) is 0.241. The van der Waals surface area contributed by atoms with Gasteiger partial charge in [-0.2, -0.15) is 5.48 Å². The lowest BCUT2D eigenvalue weighted by molar-refractivity contribution is 0.184. The van der Waals surface area contributed by atoms with Crippen LogP contribution in [0.4, 0.5) is 0 Å². The number of rotatable bonds is 3. The number of nitrogens with one attached hydrogen (secondary N) is 2. The summed E-state index contributed by atoms with van der Waals surface area (Å²) in [5, 5.41) is 6.82. The van der Waals surface area contributed by atoms with E-state index in [2.05, 4.69) is 10.3 Å². The summed E-state index contributed by atoms with van der Waals surface area (Å²) in [5.41, 5.74) is 2.49. The number of hydroxylamine groups is 1. The molecule has 0 spiro atoms. The van der Waals surface area contributed by atoms with Gasteiger partial charge in [-0.15, -0.1) is 11.6 Å². The average molecular weight is 137 g/mol. The Labute approximate surface area is 53.4 Å². The van der Waals surface area contributed by atoms with Crippen molar-refractivity contribution in [2.75, 3.05) is 12.4 Å². The lowest BCUT2D eigenvalue weighted by Crippen LogP contribution is -2.19. The Hall–Kier alpha value is -0.280. The highest BCUT2D eigenvalue weighted by molar-refractivity contribution is 6.26. The van der Waals surface area contributed by atoms with Crippen molar-refractivity contribution < 1.29 is 4.84 Å². The van der Waals surface area contributed by atoms with E-state index in [9.17, 15) is 0 Å². The molecule has 0 radical (unpaired) electrons. The van der Waals surface area contributed by atoms with Crippen LogP contribution in [-0.2, 0) is 4.84 Å². The number of hydrogen-bond donors (Lipinski definition) is 2. The van der Waals surface area contributed by atoms with Gasteiger partial charge in [0, 0.05) is 6.54 Å². The minimum absolute atomic E-state index is 0.0496. The van der Waals surface area contributed by atoms with Gasteiger partial charge in [-0.3, -0.25) is 5.41 Å². The van der Waals surface area contributed by atoms with E-state index in [1.807, 2.05) is 6.92 Å². The SMILES string of the molecule is CCNOC(=N)CCl. The van der Waals surface area contributed by atoms with Gasteiger partial charge in [0.05, 0.1) is 0 Å². The zero-order chi connectivity index (χ0) is 6.41. The molecule has 0 bridgehead atoms. The molecule has 0 rings (SSSR count). The van der Waals surface area contributed by atoms with Gasteiger partial charge in [0.2, 0.25) is 5.90 Å². The van der Waals surface area contributed by atoms with E-state index < -0.39 is 0 Å². The van der Waals surface area contributed by atoms with Gasteiger partial charge in [0.25, 0.3) is 0 Å². The Kier molecular flexibility index (Phi) is 4.70. The van der Waals surface area contributed by atoms with Crippen LogP contribution in [0.2, 0.25) is 0 Å². The van der Waals surface area contributed by atoms with Crippen LogP contribution in [0.5, 0.6) is 0 Å². The maximum absolute atomic E-state index is 6.82. The van der Waals surface area contributed by atoms with Crippen molar-refractivity contribution >= 4 is 17.5 Å². The second-order valence-electron chi connectivity index (χ2n) is 1.16. The van der Waals surface area contributed by atoms with Crippen molar-refractivity contribution in [1.29, 1.82) is 5.41 Å². The van der Waals surface area contributed by atoms with Crippen LogP contribution in [-0.4, -0.2) is 18.3 Å². The number of alkyl halides is 1. The van der Waals surface area contributed by atoms with Crippen molar-refractivity contribution in [3.63, 3.8) is 0 Å². The molecule has 0 amide bonds. The Morgan fingerprint density at radius 2 is 2.50 bits per heavy atom. The van der Waals surface area contributed by atoms with Gasteiger partial charge in [0.1, 0.15) is 5.88 Å². The third kappa shape index (κ3) is 3.89. The van der Waals surface area contributed by atoms with Crippen molar-refractivity contribution in [2.24, 2.45) is 0 Å². The molecule has 0 aliphatic rings. The van der Waals surface area contributed by atoms with E-state index in [0.29, 0.717) is 6.54 Å². The summed E-state index contributed by atoms with van der Waals surface area (Å²) in [6.07, 6.45) is 0. The molecule has 0 aromatic heterocycles. The molecule has 0 unspecified atom stereocenters. The minimum atomic E-state index is 0.0496. The Morgan fingerprint density at radius 3 is 2.88 bits per heavy atom. The molecule has 0 aromatic rings. The molecule has 0 saturated carbocycles. The minimum Gasteiger partial charge on any atom is -0.392 e. The van der Waals surface area contributed by atoms with Gasteiger partial charge >= 0.3 is 0 Å². The van der Waals surface area contributed by atoms with E-state index in [4.69, 9.17) is 17.0 Å². The molecule has 0 heterocycles. The average Bonchev–Trinajstić information content (AvgIpc) is 1.83. The Bertz CT molecular complexity index is 76.4. The fraction of sp³-hybridized carbons (Fsp3) is 0.750. The van der Waals surface area contributed by atoms with Crippen LogP contribution < -0.4 is 5.48 Å². The molecule has 8 heavy (non-hydrogen) atoms. The summed E-state index contributed by atoms with van der Waals surface area (Å²) in [6, 6.07) is 0. The van der Waals surface area contributed by atoms with Gasteiger partial charge in [-0.1, -0.05) is 0 Å². The second-order valence-corrected chi connectivity index (χ2v) is 1.42. The van der Waals surface area contributed by atoms with Crippen molar-refractivity contribution in [3.8, 4) is 0 Å². The first-order chi connectivity index (χ1) is 3.81. The first kappa shape index (κ1) is 7.72. The number of hydrogen-bond acceptors (Lipinski definition) is 3. The predicted octanol–water partition coefficient (Wildman–Crippen LogP) is 0.744. The van der Waals surface area contributed by atoms with E-state index in [-0.39, 0.29) is 11.8 Å². The Morgan fingerprint density at radius 1 is 1.88 bits per heavy atom. The first-order valence-corrected chi connectivity index (χ1v) is 2.87. The van der Waals surface area contributed by atoms with E-state index >= 15 is 0 Å². The van der Waals surface area contributed by atoms with E-state index in [1.54, 1.807) is 0 Å². The highest BCUT2D eigenvalue weighted by Gasteiger charge is 1.89.